The molecule has 2 aromatic rings. The number of hydrogen-bond acceptors (Lipinski definition) is 6. The molecule has 0 unspecified atom stereocenters. The van der Waals surface area contributed by atoms with Crippen LogP contribution in [-0.2, 0) is 0 Å². The summed E-state index contributed by atoms with van der Waals surface area (Å²) >= 11 is 0. The zero-order valence-electron chi connectivity index (χ0n) is 11.6. The van der Waals surface area contributed by atoms with Crippen molar-refractivity contribution in [3.8, 4) is 11.5 Å². The Kier molecular flexibility index (Phi) is 5.11. The molecule has 0 saturated heterocycles. The minimum Gasteiger partial charge on any atom is -0.488 e. The molecule has 0 amide bonds. The zero-order valence-corrected chi connectivity index (χ0v) is 11.6. The Hall–Kier alpha value is -2.60. The molecule has 2 rings (SSSR count). The predicted molar refractivity (Wildman–Crippen MR) is 79.5 cm³/mol. The van der Waals surface area contributed by atoms with Crippen LogP contribution >= 0.6 is 0 Å². The second-order valence-corrected chi connectivity index (χ2v) is 4.37. The number of nitrogens with zero attached hydrogens (tertiary/aromatic N) is 1. The molecule has 0 aliphatic carbocycles. The fraction of sp³-hybridized carbons (Fsp3) is 0.200. The van der Waals surface area contributed by atoms with Crippen molar-refractivity contribution in [2.75, 3.05) is 18.7 Å². The molecule has 6 heteroatoms. The molecule has 110 valence electrons. The Balaban J connectivity index is 1.90. The molecule has 0 saturated carbocycles. The van der Waals surface area contributed by atoms with E-state index in [-0.39, 0.29) is 18.9 Å². The highest BCUT2D eigenvalue weighted by Crippen LogP contribution is 2.27. The lowest BCUT2D eigenvalue weighted by molar-refractivity contribution is 0.217. The molecule has 0 aliphatic rings. The smallest absolute Gasteiger partial charge is 0.149 e. The number of aryl methyl sites for hydroxylation is 1. The maximum atomic E-state index is 10.6. The highest BCUT2D eigenvalue weighted by atomic mass is 16.5. The third kappa shape index (κ3) is 3.93. The van der Waals surface area contributed by atoms with E-state index < -0.39 is 0 Å². The first-order valence-corrected chi connectivity index (χ1v) is 6.43. The van der Waals surface area contributed by atoms with Crippen LogP contribution in [0.5, 0.6) is 11.5 Å². The summed E-state index contributed by atoms with van der Waals surface area (Å²) in [5.74, 6) is 0.948. The van der Waals surface area contributed by atoms with Crippen LogP contribution in [0.25, 0.3) is 0 Å². The van der Waals surface area contributed by atoms with Crippen LogP contribution in [0.15, 0.2) is 47.6 Å². The molecule has 0 spiro atoms. The standard InChI is InChI=1S/C15H16N2O4/c1-11-6-7-13(17-19)15(10-11)21-9-8-20-14-5-3-2-4-12(14)16-18/h2-7,10,17,19H,8-9H2,1H3. The topological polar surface area (TPSA) is 80.2 Å². The van der Waals surface area contributed by atoms with Gasteiger partial charge >= 0.3 is 0 Å². The van der Waals surface area contributed by atoms with E-state index in [4.69, 9.17) is 14.7 Å². The van der Waals surface area contributed by atoms with Crippen molar-refractivity contribution in [1.82, 2.24) is 0 Å². The SMILES string of the molecule is Cc1ccc(NO)c(OCCOc2ccccc2N=O)c1. The summed E-state index contributed by atoms with van der Waals surface area (Å²) in [6, 6.07) is 12.1. The molecule has 0 fully saturated rings. The molecule has 0 bridgehead atoms. The van der Waals surface area contributed by atoms with Gasteiger partial charge in [0, 0.05) is 0 Å². The number of nitroso groups, excluding NO2 is 1. The quantitative estimate of drug-likeness (QED) is 0.462. The van der Waals surface area contributed by atoms with E-state index in [9.17, 15) is 4.91 Å². The van der Waals surface area contributed by atoms with Crippen LogP contribution in [0, 0.1) is 11.8 Å². The fourth-order valence-electron chi connectivity index (χ4n) is 1.80. The molecule has 0 aromatic heterocycles. The summed E-state index contributed by atoms with van der Waals surface area (Å²) < 4.78 is 11.0. The van der Waals surface area contributed by atoms with Gasteiger partial charge in [0.25, 0.3) is 0 Å². The molecule has 2 N–H and O–H groups in total. The number of ether oxygens (including phenoxy) is 2. The van der Waals surface area contributed by atoms with E-state index in [1.54, 1.807) is 36.4 Å². The lowest BCUT2D eigenvalue weighted by Crippen LogP contribution is -2.10. The normalized spacial score (nSPS) is 10.0. The molecule has 0 aliphatic heterocycles. The Morgan fingerprint density at radius 1 is 1.10 bits per heavy atom. The summed E-state index contributed by atoms with van der Waals surface area (Å²) in [6.45, 7) is 2.45. The summed E-state index contributed by atoms with van der Waals surface area (Å²) in [5.41, 5.74) is 3.83. The van der Waals surface area contributed by atoms with Gasteiger partial charge in [0.1, 0.15) is 36.1 Å². The van der Waals surface area contributed by atoms with Crippen LogP contribution in [0.1, 0.15) is 5.56 Å². The van der Waals surface area contributed by atoms with Gasteiger partial charge in [-0.3, -0.25) is 10.7 Å². The van der Waals surface area contributed by atoms with Gasteiger partial charge in [0.05, 0.1) is 0 Å². The van der Waals surface area contributed by atoms with Crippen molar-refractivity contribution in [3.05, 3.63) is 52.9 Å². The number of hydrogen-bond donors (Lipinski definition) is 2. The van der Waals surface area contributed by atoms with Crippen molar-refractivity contribution in [3.63, 3.8) is 0 Å². The highest BCUT2D eigenvalue weighted by Gasteiger charge is 2.05. The minimum atomic E-state index is 0.255. The Morgan fingerprint density at radius 3 is 2.52 bits per heavy atom. The van der Waals surface area contributed by atoms with Crippen molar-refractivity contribution in [2.24, 2.45) is 5.18 Å². The highest BCUT2D eigenvalue weighted by molar-refractivity contribution is 5.56. The summed E-state index contributed by atoms with van der Waals surface area (Å²) in [6.07, 6.45) is 0. The predicted octanol–water partition coefficient (Wildman–Crippen LogP) is 3.65. The van der Waals surface area contributed by atoms with E-state index >= 15 is 0 Å². The lowest BCUT2D eigenvalue weighted by Gasteiger charge is -2.12. The Bertz CT molecular complexity index is 616. The average molecular weight is 288 g/mol. The molecule has 6 nitrogen and oxygen atoms in total. The summed E-state index contributed by atoms with van der Waals surface area (Å²) in [4.78, 5) is 10.6. The minimum absolute atomic E-state index is 0.255. The van der Waals surface area contributed by atoms with E-state index in [0.29, 0.717) is 17.2 Å². The van der Waals surface area contributed by atoms with Crippen LogP contribution in [-0.4, -0.2) is 18.4 Å². The number of rotatable bonds is 7. The second-order valence-electron chi connectivity index (χ2n) is 4.37. The van der Waals surface area contributed by atoms with Gasteiger partial charge in [0.2, 0.25) is 0 Å². The van der Waals surface area contributed by atoms with Gasteiger partial charge in [-0.15, -0.1) is 4.91 Å². The number of benzene rings is 2. The van der Waals surface area contributed by atoms with E-state index in [2.05, 4.69) is 10.7 Å². The molecule has 0 heterocycles. The third-order valence-electron chi connectivity index (χ3n) is 2.82. The average Bonchev–Trinajstić information content (AvgIpc) is 2.52. The Labute approximate surface area is 122 Å². The van der Waals surface area contributed by atoms with Crippen LogP contribution in [0.4, 0.5) is 11.4 Å². The molecule has 0 atom stereocenters. The zero-order chi connectivity index (χ0) is 15.1. The van der Waals surface area contributed by atoms with Gasteiger partial charge in [-0.1, -0.05) is 18.2 Å². The largest absolute Gasteiger partial charge is 0.488 e. The first-order valence-electron chi connectivity index (χ1n) is 6.43. The van der Waals surface area contributed by atoms with Crippen molar-refractivity contribution in [2.45, 2.75) is 6.92 Å². The fourth-order valence-corrected chi connectivity index (χ4v) is 1.80. The third-order valence-corrected chi connectivity index (χ3v) is 2.82. The maximum Gasteiger partial charge on any atom is 0.149 e. The first-order chi connectivity index (χ1) is 10.2. The van der Waals surface area contributed by atoms with Gasteiger partial charge in [-0.05, 0) is 41.9 Å². The molecule has 0 radical (unpaired) electrons. The van der Waals surface area contributed by atoms with Crippen LogP contribution < -0.4 is 15.0 Å². The molecule has 21 heavy (non-hydrogen) atoms. The van der Waals surface area contributed by atoms with Gasteiger partial charge < -0.3 is 9.47 Å². The van der Waals surface area contributed by atoms with Crippen LogP contribution in [0.2, 0.25) is 0 Å². The van der Waals surface area contributed by atoms with Gasteiger partial charge in [-0.25, -0.2) is 0 Å². The van der Waals surface area contributed by atoms with Crippen molar-refractivity contribution >= 4 is 11.4 Å². The van der Waals surface area contributed by atoms with Gasteiger partial charge in [0.15, 0.2) is 0 Å². The van der Waals surface area contributed by atoms with Crippen molar-refractivity contribution < 1.29 is 14.7 Å². The number of anilines is 1. The molecular weight excluding hydrogens is 272 g/mol. The second kappa shape index (κ2) is 7.25. The summed E-state index contributed by atoms with van der Waals surface area (Å²) in [5, 5.41) is 11.9. The monoisotopic (exact) mass is 288 g/mol. The summed E-state index contributed by atoms with van der Waals surface area (Å²) in [7, 11) is 0. The Morgan fingerprint density at radius 2 is 1.81 bits per heavy atom. The number of para-hydroxylation sites is 1. The van der Waals surface area contributed by atoms with E-state index in [1.807, 2.05) is 13.0 Å². The molecular formula is C15H16N2O4. The van der Waals surface area contributed by atoms with Gasteiger partial charge in [-0.2, -0.15) is 0 Å². The maximum absolute atomic E-state index is 10.6. The molecule has 2 aromatic carbocycles. The number of nitrogens with one attached hydrogen (secondary N) is 1. The first kappa shape index (κ1) is 14.8. The van der Waals surface area contributed by atoms with E-state index in [0.717, 1.165) is 5.56 Å². The van der Waals surface area contributed by atoms with Crippen LogP contribution in [0.3, 0.4) is 0 Å². The van der Waals surface area contributed by atoms with Crippen molar-refractivity contribution in [1.29, 1.82) is 0 Å². The van der Waals surface area contributed by atoms with E-state index in [1.165, 1.54) is 0 Å². The lowest BCUT2D eigenvalue weighted by atomic mass is 10.2.